The molecule has 1 N–H and O–H groups in total. The number of alkyl halides is 2. The summed E-state index contributed by atoms with van der Waals surface area (Å²) < 4.78 is 41.4. The van der Waals surface area contributed by atoms with E-state index in [0.29, 0.717) is 0 Å². The van der Waals surface area contributed by atoms with Gasteiger partial charge in [-0.1, -0.05) is 0 Å². The van der Waals surface area contributed by atoms with Crippen molar-refractivity contribution in [1.29, 1.82) is 0 Å². The van der Waals surface area contributed by atoms with Crippen molar-refractivity contribution in [3.8, 4) is 5.75 Å². The summed E-state index contributed by atoms with van der Waals surface area (Å²) in [4.78, 5) is 20.8. The van der Waals surface area contributed by atoms with Gasteiger partial charge in [0.15, 0.2) is 0 Å². The van der Waals surface area contributed by atoms with Gasteiger partial charge in [0.1, 0.15) is 17.9 Å². The van der Waals surface area contributed by atoms with E-state index in [1.54, 1.807) is 0 Å². The van der Waals surface area contributed by atoms with Crippen molar-refractivity contribution in [3.63, 3.8) is 0 Å². The number of carboxylic acids is 1. The second-order valence-corrected chi connectivity index (χ2v) is 3.05. The number of halogens is 3. The zero-order valence-electron chi connectivity index (χ0n) is 8.32. The first kappa shape index (κ1) is 13.0. The zero-order valence-corrected chi connectivity index (χ0v) is 8.32. The molecule has 0 saturated heterocycles. The fraction of sp³-hybridized carbons (Fsp3) is 0.200. The average Bonchev–Trinajstić information content (AvgIpc) is 2.21. The van der Waals surface area contributed by atoms with Crippen LogP contribution in [0.4, 0.5) is 13.2 Å². The van der Waals surface area contributed by atoms with Crippen LogP contribution in [0.25, 0.3) is 0 Å². The molecule has 1 aromatic rings. The molecule has 0 saturated carbocycles. The Balaban J connectivity index is 3.23. The van der Waals surface area contributed by atoms with Crippen molar-refractivity contribution in [2.24, 2.45) is 0 Å². The van der Waals surface area contributed by atoms with Crippen LogP contribution in [-0.4, -0.2) is 24.0 Å². The summed E-state index contributed by atoms with van der Waals surface area (Å²) in [5.74, 6) is -3.13. The van der Waals surface area contributed by atoms with E-state index in [1.165, 1.54) is 0 Å². The molecular formula is C10H7F3O4. The minimum atomic E-state index is -3.23. The van der Waals surface area contributed by atoms with E-state index >= 15 is 0 Å². The highest BCUT2D eigenvalue weighted by molar-refractivity contribution is 5.77. The van der Waals surface area contributed by atoms with Crippen LogP contribution in [0.5, 0.6) is 5.75 Å². The van der Waals surface area contributed by atoms with Crippen LogP contribution in [0, 0.1) is 5.82 Å². The van der Waals surface area contributed by atoms with Crippen molar-refractivity contribution in [2.45, 2.75) is 13.0 Å². The van der Waals surface area contributed by atoms with Crippen LogP contribution in [0.15, 0.2) is 12.1 Å². The lowest BCUT2D eigenvalue weighted by Crippen LogP contribution is -2.10. The maximum absolute atomic E-state index is 13.4. The number of carbonyl (C=O) groups excluding carboxylic acids is 1. The van der Waals surface area contributed by atoms with E-state index in [4.69, 9.17) is 5.11 Å². The number of benzene rings is 1. The fourth-order valence-corrected chi connectivity index (χ4v) is 1.22. The molecule has 1 aromatic carbocycles. The third-order valence-corrected chi connectivity index (χ3v) is 1.86. The third kappa shape index (κ3) is 3.47. The Labute approximate surface area is 93.6 Å². The Bertz CT molecular complexity index is 445. The molecule has 4 nitrogen and oxygen atoms in total. The van der Waals surface area contributed by atoms with Gasteiger partial charge in [-0.05, 0) is 12.1 Å². The lowest BCUT2D eigenvalue weighted by Gasteiger charge is -2.10. The molecule has 0 aromatic heterocycles. The number of hydrogen-bond donors (Lipinski definition) is 1. The van der Waals surface area contributed by atoms with Gasteiger partial charge in [-0.3, -0.25) is 9.59 Å². The molecule has 0 heterocycles. The summed E-state index contributed by atoms with van der Waals surface area (Å²) in [5, 5.41) is 8.50. The van der Waals surface area contributed by atoms with Crippen LogP contribution in [-0.2, 0) is 11.2 Å². The molecule has 0 aliphatic rings. The quantitative estimate of drug-likeness (QED) is 0.808. The Morgan fingerprint density at radius 1 is 1.47 bits per heavy atom. The number of aldehydes is 1. The summed E-state index contributed by atoms with van der Waals surface area (Å²) in [6, 6.07) is 1.62. The maximum Gasteiger partial charge on any atom is 0.387 e. The van der Waals surface area contributed by atoms with Gasteiger partial charge in [-0.2, -0.15) is 8.78 Å². The second-order valence-electron chi connectivity index (χ2n) is 3.05. The Kier molecular flexibility index (Phi) is 4.08. The maximum atomic E-state index is 13.4. The molecule has 0 aliphatic heterocycles. The van der Waals surface area contributed by atoms with E-state index in [9.17, 15) is 22.8 Å². The van der Waals surface area contributed by atoms with Crippen LogP contribution >= 0.6 is 0 Å². The molecule has 0 fully saturated rings. The third-order valence-electron chi connectivity index (χ3n) is 1.86. The van der Waals surface area contributed by atoms with Crippen molar-refractivity contribution in [1.82, 2.24) is 0 Å². The van der Waals surface area contributed by atoms with Gasteiger partial charge < -0.3 is 9.84 Å². The Morgan fingerprint density at radius 2 is 2.12 bits per heavy atom. The first-order valence-corrected chi connectivity index (χ1v) is 4.38. The average molecular weight is 248 g/mol. The molecule has 0 spiro atoms. The minimum absolute atomic E-state index is 0.215. The van der Waals surface area contributed by atoms with Gasteiger partial charge in [-0.25, -0.2) is 4.39 Å². The van der Waals surface area contributed by atoms with Crippen molar-refractivity contribution in [3.05, 3.63) is 29.1 Å². The Morgan fingerprint density at radius 3 is 2.59 bits per heavy atom. The van der Waals surface area contributed by atoms with Gasteiger partial charge in [0, 0.05) is 11.1 Å². The molecule has 1 rings (SSSR count). The van der Waals surface area contributed by atoms with E-state index in [0.717, 1.165) is 12.1 Å². The van der Waals surface area contributed by atoms with Crippen LogP contribution in [0.2, 0.25) is 0 Å². The number of aliphatic carboxylic acids is 1. The summed E-state index contributed by atoms with van der Waals surface area (Å²) >= 11 is 0. The van der Waals surface area contributed by atoms with Gasteiger partial charge in [0.25, 0.3) is 0 Å². The molecule has 0 radical (unpaired) electrons. The lowest BCUT2D eigenvalue weighted by atomic mass is 10.1. The molecule has 7 heteroatoms. The van der Waals surface area contributed by atoms with Gasteiger partial charge in [0.2, 0.25) is 0 Å². The second kappa shape index (κ2) is 5.33. The normalized spacial score (nSPS) is 10.4. The molecule has 0 amide bonds. The predicted molar refractivity (Wildman–Crippen MR) is 49.8 cm³/mol. The number of hydrogen-bond acceptors (Lipinski definition) is 3. The molecule has 92 valence electrons. The van der Waals surface area contributed by atoms with E-state index in [2.05, 4.69) is 4.74 Å². The molecule has 0 bridgehead atoms. The molecule has 0 aliphatic carbocycles. The van der Waals surface area contributed by atoms with E-state index < -0.39 is 36.1 Å². The minimum Gasteiger partial charge on any atom is -0.481 e. The highest BCUT2D eigenvalue weighted by Gasteiger charge is 2.18. The molecule has 17 heavy (non-hydrogen) atoms. The zero-order chi connectivity index (χ0) is 13.0. The van der Waals surface area contributed by atoms with E-state index in [1.807, 2.05) is 0 Å². The molecular weight excluding hydrogens is 241 g/mol. The van der Waals surface area contributed by atoms with Crippen molar-refractivity contribution in [2.75, 3.05) is 0 Å². The highest BCUT2D eigenvalue weighted by Crippen LogP contribution is 2.25. The monoisotopic (exact) mass is 248 g/mol. The first-order chi connectivity index (χ1) is 7.93. The highest BCUT2D eigenvalue weighted by atomic mass is 19.3. The lowest BCUT2D eigenvalue weighted by molar-refractivity contribution is -0.136. The Hall–Kier alpha value is -2.05. The number of rotatable bonds is 5. The van der Waals surface area contributed by atoms with Crippen LogP contribution < -0.4 is 4.74 Å². The number of carboxylic acid groups (broad SMARTS) is 1. The van der Waals surface area contributed by atoms with Crippen molar-refractivity contribution >= 4 is 12.3 Å². The SMILES string of the molecule is O=Cc1cc(F)c(CC(=O)O)c(OC(F)F)c1. The molecule has 0 unspecified atom stereocenters. The predicted octanol–water partition coefficient (Wildman–Crippen LogP) is 1.87. The van der Waals surface area contributed by atoms with Gasteiger partial charge in [-0.15, -0.1) is 0 Å². The van der Waals surface area contributed by atoms with Crippen LogP contribution in [0.1, 0.15) is 15.9 Å². The fourth-order valence-electron chi connectivity index (χ4n) is 1.22. The van der Waals surface area contributed by atoms with Gasteiger partial charge in [0.05, 0.1) is 6.42 Å². The van der Waals surface area contributed by atoms with Crippen LogP contribution in [0.3, 0.4) is 0 Å². The number of carbonyl (C=O) groups is 2. The summed E-state index contributed by atoms with van der Waals surface area (Å²) in [7, 11) is 0. The summed E-state index contributed by atoms with van der Waals surface area (Å²) in [5.41, 5.74) is -0.740. The van der Waals surface area contributed by atoms with Crippen molar-refractivity contribution < 1.29 is 32.6 Å². The summed E-state index contributed by atoms with van der Waals surface area (Å²) in [6.45, 7) is -3.23. The summed E-state index contributed by atoms with van der Waals surface area (Å²) in [6.07, 6.45) is -0.570. The topological polar surface area (TPSA) is 63.6 Å². The molecule has 0 atom stereocenters. The smallest absolute Gasteiger partial charge is 0.387 e. The van der Waals surface area contributed by atoms with E-state index in [-0.39, 0.29) is 11.8 Å². The largest absolute Gasteiger partial charge is 0.481 e. The standard InChI is InChI=1S/C10H7F3O4/c11-7-1-5(4-14)2-8(17-10(12)13)6(7)3-9(15)16/h1-2,4,10H,3H2,(H,15,16). The number of ether oxygens (including phenoxy) is 1. The first-order valence-electron chi connectivity index (χ1n) is 4.38. The van der Waals surface area contributed by atoms with Gasteiger partial charge >= 0.3 is 12.6 Å².